The summed E-state index contributed by atoms with van der Waals surface area (Å²) in [5.41, 5.74) is -0.558. The van der Waals surface area contributed by atoms with Crippen molar-refractivity contribution in [2.45, 2.75) is 38.5 Å². The Morgan fingerprint density at radius 2 is 1.60 bits per heavy atom. The predicted molar refractivity (Wildman–Crippen MR) is 70.4 cm³/mol. The number of ether oxygens (including phenoxy) is 1. The van der Waals surface area contributed by atoms with E-state index in [0.29, 0.717) is 0 Å². The minimum absolute atomic E-state index is 0.0224. The number of rotatable bonds is 8. The summed E-state index contributed by atoms with van der Waals surface area (Å²) < 4.78 is 4.78. The maximum absolute atomic E-state index is 12.0. The SMILES string of the molecule is COCCC(C(=O)O)=C(CC(=O)C1CCCC1)C(=O)O. The molecule has 0 spiro atoms. The minimum atomic E-state index is -1.34. The van der Waals surface area contributed by atoms with Gasteiger partial charge in [-0.15, -0.1) is 0 Å². The van der Waals surface area contributed by atoms with E-state index in [2.05, 4.69) is 0 Å². The molecule has 6 nitrogen and oxygen atoms in total. The molecule has 0 radical (unpaired) electrons. The molecule has 1 fully saturated rings. The third-order valence-corrected chi connectivity index (χ3v) is 3.60. The van der Waals surface area contributed by atoms with E-state index >= 15 is 0 Å². The average Bonchev–Trinajstić information content (AvgIpc) is 2.90. The van der Waals surface area contributed by atoms with Crippen LogP contribution in [0.15, 0.2) is 11.1 Å². The van der Waals surface area contributed by atoms with Crippen molar-refractivity contribution in [1.29, 1.82) is 0 Å². The molecule has 2 N–H and O–H groups in total. The van der Waals surface area contributed by atoms with Crippen LogP contribution in [0, 0.1) is 5.92 Å². The second kappa shape index (κ2) is 7.79. The number of ketones is 1. The molecule has 0 aliphatic heterocycles. The van der Waals surface area contributed by atoms with E-state index in [9.17, 15) is 14.4 Å². The standard InChI is InChI=1S/C14H20O6/c1-20-7-6-10(13(16)17)11(14(18)19)8-12(15)9-4-2-3-5-9/h9H,2-8H2,1H3,(H,16,17)(H,18,19). The van der Waals surface area contributed by atoms with Gasteiger partial charge >= 0.3 is 11.9 Å². The van der Waals surface area contributed by atoms with Gasteiger partial charge in [-0.2, -0.15) is 0 Å². The third kappa shape index (κ3) is 4.45. The van der Waals surface area contributed by atoms with Gasteiger partial charge in [0, 0.05) is 25.9 Å². The van der Waals surface area contributed by atoms with Gasteiger partial charge in [0.25, 0.3) is 0 Å². The number of carbonyl (C=O) groups excluding carboxylic acids is 1. The maximum atomic E-state index is 12.0. The lowest BCUT2D eigenvalue weighted by atomic mass is 9.93. The van der Waals surface area contributed by atoms with Crippen LogP contribution in [0.5, 0.6) is 0 Å². The van der Waals surface area contributed by atoms with Crippen LogP contribution in [0.1, 0.15) is 38.5 Å². The quantitative estimate of drug-likeness (QED) is 0.657. The van der Waals surface area contributed by atoms with Gasteiger partial charge in [-0.1, -0.05) is 12.8 Å². The van der Waals surface area contributed by atoms with Crippen molar-refractivity contribution in [3.8, 4) is 0 Å². The molecule has 0 aromatic rings. The molecule has 0 heterocycles. The smallest absolute Gasteiger partial charge is 0.332 e. The van der Waals surface area contributed by atoms with Crippen molar-refractivity contribution in [2.24, 2.45) is 5.92 Å². The van der Waals surface area contributed by atoms with Gasteiger partial charge in [0.1, 0.15) is 5.78 Å². The number of hydrogen-bond acceptors (Lipinski definition) is 4. The summed E-state index contributed by atoms with van der Waals surface area (Å²) in [5, 5.41) is 18.3. The third-order valence-electron chi connectivity index (χ3n) is 3.60. The van der Waals surface area contributed by atoms with E-state index in [1.165, 1.54) is 7.11 Å². The molecule has 6 heteroatoms. The predicted octanol–water partition coefficient (Wildman–Crippen LogP) is 1.64. The fraction of sp³-hybridized carbons (Fsp3) is 0.643. The zero-order chi connectivity index (χ0) is 15.1. The van der Waals surface area contributed by atoms with E-state index in [0.717, 1.165) is 25.7 Å². The van der Waals surface area contributed by atoms with E-state index < -0.39 is 11.9 Å². The first-order chi connectivity index (χ1) is 9.47. The molecule has 1 aliphatic rings. The van der Waals surface area contributed by atoms with Crippen molar-refractivity contribution in [2.75, 3.05) is 13.7 Å². The van der Waals surface area contributed by atoms with Crippen LogP contribution in [-0.4, -0.2) is 41.7 Å². The molecule has 112 valence electrons. The monoisotopic (exact) mass is 284 g/mol. The van der Waals surface area contributed by atoms with E-state index in [-0.39, 0.29) is 42.3 Å². The zero-order valence-corrected chi connectivity index (χ0v) is 11.6. The summed E-state index contributed by atoms with van der Waals surface area (Å²) in [7, 11) is 1.41. The van der Waals surface area contributed by atoms with Crippen LogP contribution in [0.2, 0.25) is 0 Å². The molecule has 0 bridgehead atoms. The van der Waals surface area contributed by atoms with Crippen molar-refractivity contribution >= 4 is 17.7 Å². The average molecular weight is 284 g/mol. The summed E-state index contributed by atoms with van der Waals surface area (Å²) in [6.45, 7) is 0.107. The Morgan fingerprint density at radius 1 is 1.05 bits per heavy atom. The Balaban J connectivity index is 2.91. The highest BCUT2D eigenvalue weighted by Gasteiger charge is 2.28. The largest absolute Gasteiger partial charge is 0.478 e. The summed E-state index contributed by atoms with van der Waals surface area (Å²) in [4.78, 5) is 34.4. The summed E-state index contributed by atoms with van der Waals surface area (Å²) in [6, 6.07) is 0. The highest BCUT2D eigenvalue weighted by atomic mass is 16.5. The number of carboxylic acids is 2. The topological polar surface area (TPSA) is 101 Å². The van der Waals surface area contributed by atoms with Crippen LogP contribution in [0.4, 0.5) is 0 Å². The second-order valence-electron chi connectivity index (χ2n) is 4.93. The van der Waals surface area contributed by atoms with E-state index in [4.69, 9.17) is 14.9 Å². The van der Waals surface area contributed by atoms with Gasteiger partial charge in [0.2, 0.25) is 0 Å². The lowest BCUT2D eigenvalue weighted by molar-refractivity contribution is -0.136. The molecular weight excluding hydrogens is 264 g/mol. The molecule has 0 aromatic heterocycles. The van der Waals surface area contributed by atoms with Crippen LogP contribution in [0.3, 0.4) is 0 Å². The molecule has 1 saturated carbocycles. The zero-order valence-electron chi connectivity index (χ0n) is 11.6. The number of carbonyl (C=O) groups is 3. The first kappa shape index (κ1) is 16.4. The van der Waals surface area contributed by atoms with Crippen molar-refractivity contribution in [3.05, 3.63) is 11.1 Å². The number of aliphatic carboxylic acids is 2. The normalized spacial score (nSPS) is 16.9. The molecular formula is C14H20O6. The van der Waals surface area contributed by atoms with Crippen molar-refractivity contribution in [3.63, 3.8) is 0 Å². The second-order valence-corrected chi connectivity index (χ2v) is 4.93. The molecule has 0 amide bonds. The summed E-state index contributed by atoms with van der Waals surface area (Å²) >= 11 is 0. The van der Waals surface area contributed by atoms with E-state index in [1.807, 2.05) is 0 Å². The molecule has 0 atom stereocenters. The lowest BCUT2D eigenvalue weighted by Gasteiger charge is -2.11. The number of methoxy groups -OCH3 is 1. The van der Waals surface area contributed by atoms with Crippen molar-refractivity contribution in [1.82, 2.24) is 0 Å². The Hall–Kier alpha value is -1.69. The molecule has 0 aromatic carbocycles. The van der Waals surface area contributed by atoms with E-state index in [1.54, 1.807) is 0 Å². The molecule has 1 rings (SSSR count). The Kier molecular flexibility index (Phi) is 6.38. The highest BCUT2D eigenvalue weighted by Crippen LogP contribution is 2.28. The fourth-order valence-corrected chi connectivity index (χ4v) is 2.47. The number of hydrogen-bond donors (Lipinski definition) is 2. The first-order valence-electron chi connectivity index (χ1n) is 6.67. The highest BCUT2D eigenvalue weighted by molar-refractivity contribution is 6.03. The molecule has 20 heavy (non-hydrogen) atoms. The Labute approximate surface area is 117 Å². The van der Waals surface area contributed by atoms with Gasteiger partial charge in [0.05, 0.1) is 17.8 Å². The van der Waals surface area contributed by atoms with Gasteiger partial charge in [-0.05, 0) is 12.8 Å². The van der Waals surface area contributed by atoms with Gasteiger partial charge in [0.15, 0.2) is 0 Å². The van der Waals surface area contributed by atoms with Crippen LogP contribution < -0.4 is 0 Å². The Bertz CT molecular complexity index is 417. The Morgan fingerprint density at radius 3 is 2.05 bits per heavy atom. The van der Waals surface area contributed by atoms with Gasteiger partial charge < -0.3 is 14.9 Å². The van der Waals surface area contributed by atoms with Crippen LogP contribution in [0.25, 0.3) is 0 Å². The van der Waals surface area contributed by atoms with Crippen LogP contribution in [-0.2, 0) is 19.1 Å². The summed E-state index contributed by atoms with van der Waals surface area (Å²) in [6.07, 6.45) is 3.14. The first-order valence-corrected chi connectivity index (χ1v) is 6.67. The number of carboxylic acid groups (broad SMARTS) is 2. The van der Waals surface area contributed by atoms with Crippen LogP contribution >= 0.6 is 0 Å². The molecule has 0 unspecified atom stereocenters. The van der Waals surface area contributed by atoms with Crippen molar-refractivity contribution < 1.29 is 29.3 Å². The van der Waals surface area contributed by atoms with Gasteiger partial charge in [-0.25, -0.2) is 9.59 Å². The lowest BCUT2D eigenvalue weighted by Crippen LogP contribution is -2.19. The number of Topliss-reactive ketones (excluding diaryl/α,β-unsaturated/α-hetero) is 1. The minimum Gasteiger partial charge on any atom is -0.478 e. The maximum Gasteiger partial charge on any atom is 0.332 e. The summed E-state index contributed by atoms with van der Waals surface area (Å²) in [5.74, 6) is -2.94. The molecule has 0 saturated heterocycles. The van der Waals surface area contributed by atoms with Gasteiger partial charge in [-0.3, -0.25) is 4.79 Å². The fourth-order valence-electron chi connectivity index (χ4n) is 2.47. The molecule has 1 aliphatic carbocycles.